The Morgan fingerprint density at radius 3 is 2.51 bits per heavy atom. The molecule has 0 spiro atoms. The summed E-state index contributed by atoms with van der Waals surface area (Å²) >= 11 is 0. The van der Waals surface area contributed by atoms with Crippen molar-refractivity contribution in [3.8, 4) is 22.8 Å². The standard InChI is InChI=1S/C32H35F4N5O4/c1-4-20-18-40(31(43)24-9-8-21(44-3)15-25(24)32(34,35)36)13-14-41(20)26-11-10-22(23-7-6-12-38-30(23)45-5-2)28(33)27(26)29(42)39-19-16-37-17-19/h6-12,15,19-20,37H,4-5,13-14,16-18H2,1-3H3,(H,39,42)/t20-/m1/s1. The highest BCUT2D eigenvalue weighted by atomic mass is 19.4. The number of carbonyl (C=O) groups excluding carboxylic acids is 2. The van der Waals surface area contributed by atoms with Gasteiger partial charge in [-0.15, -0.1) is 0 Å². The quantitative estimate of drug-likeness (QED) is 0.330. The Kier molecular flexibility index (Phi) is 9.47. The molecular formula is C32H35F4N5O4. The molecule has 3 heterocycles. The first kappa shape index (κ1) is 32.0. The maximum absolute atomic E-state index is 16.5. The first-order valence-electron chi connectivity index (χ1n) is 14.8. The Bertz CT molecular complexity index is 1560. The van der Waals surface area contributed by atoms with Crippen LogP contribution in [0.15, 0.2) is 48.7 Å². The lowest BCUT2D eigenvalue weighted by Crippen LogP contribution is -2.57. The van der Waals surface area contributed by atoms with Crippen molar-refractivity contribution < 1.29 is 36.6 Å². The molecular weight excluding hydrogens is 594 g/mol. The van der Waals surface area contributed by atoms with E-state index in [0.717, 1.165) is 12.1 Å². The minimum atomic E-state index is -4.76. The van der Waals surface area contributed by atoms with E-state index in [0.29, 0.717) is 37.4 Å². The normalized spacial score (nSPS) is 17.1. The molecule has 2 amide bonds. The van der Waals surface area contributed by atoms with Crippen LogP contribution in [0.4, 0.5) is 23.2 Å². The summed E-state index contributed by atoms with van der Waals surface area (Å²) in [6, 6.07) is 9.25. The number of hydrogen-bond donors (Lipinski definition) is 2. The molecule has 1 atom stereocenters. The van der Waals surface area contributed by atoms with E-state index in [2.05, 4.69) is 15.6 Å². The molecule has 45 heavy (non-hydrogen) atoms. The summed E-state index contributed by atoms with van der Waals surface area (Å²) in [6.07, 6.45) is -2.75. The number of piperazine rings is 1. The number of pyridine rings is 1. The fourth-order valence-electron chi connectivity index (χ4n) is 5.67. The van der Waals surface area contributed by atoms with Crippen molar-refractivity contribution in [2.45, 2.75) is 38.5 Å². The van der Waals surface area contributed by atoms with Gasteiger partial charge in [0.2, 0.25) is 5.88 Å². The summed E-state index contributed by atoms with van der Waals surface area (Å²) in [6.45, 7) is 5.40. The Labute approximate surface area is 258 Å². The van der Waals surface area contributed by atoms with Crippen LogP contribution in [0, 0.1) is 5.82 Å². The molecule has 9 nitrogen and oxygen atoms in total. The molecule has 3 aromatic rings. The number of nitrogens with zero attached hydrogens (tertiary/aromatic N) is 3. The highest BCUT2D eigenvalue weighted by molar-refractivity contribution is 6.02. The number of hydrogen-bond acceptors (Lipinski definition) is 7. The largest absolute Gasteiger partial charge is 0.497 e. The first-order valence-corrected chi connectivity index (χ1v) is 14.8. The molecule has 0 unspecified atom stereocenters. The monoisotopic (exact) mass is 629 g/mol. The minimum absolute atomic E-state index is 0.0104. The molecule has 0 radical (unpaired) electrons. The van der Waals surface area contributed by atoms with E-state index in [4.69, 9.17) is 9.47 Å². The van der Waals surface area contributed by atoms with Crippen LogP contribution in [0.1, 0.15) is 46.5 Å². The number of anilines is 1. The van der Waals surface area contributed by atoms with Gasteiger partial charge in [0.25, 0.3) is 11.8 Å². The van der Waals surface area contributed by atoms with Crippen molar-refractivity contribution in [3.05, 3.63) is 71.2 Å². The van der Waals surface area contributed by atoms with Crippen LogP contribution >= 0.6 is 0 Å². The van der Waals surface area contributed by atoms with Crippen LogP contribution in [0.3, 0.4) is 0 Å². The predicted molar refractivity (Wildman–Crippen MR) is 160 cm³/mol. The number of alkyl halides is 3. The molecule has 0 bridgehead atoms. The third kappa shape index (κ3) is 6.53. The van der Waals surface area contributed by atoms with E-state index < -0.39 is 41.0 Å². The van der Waals surface area contributed by atoms with Crippen molar-refractivity contribution in [3.63, 3.8) is 0 Å². The maximum atomic E-state index is 16.5. The summed E-state index contributed by atoms with van der Waals surface area (Å²) in [5.41, 5.74) is -0.830. The topological polar surface area (TPSA) is 96.0 Å². The van der Waals surface area contributed by atoms with Gasteiger partial charge in [-0.3, -0.25) is 9.59 Å². The fraction of sp³-hybridized carbons (Fsp3) is 0.406. The van der Waals surface area contributed by atoms with E-state index >= 15 is 4.39 Å². The number of aromatic nitrogens is 1. The Hall–Kier alpha value is -4.39. The number of nitrogens with one attached hydrogen (secondary N) is 2. The van der Waals surface area contributed by atoms with Gasteiger partial charge in [0.15, 0.2) is 0 Å². The number of ether oxygens (including phenoxy) is 2. The lowest BCUT2D eigenvalue weighted by molar-refractivity contribution is -0.138. The van der Waals surface area contributed by atoms with Crippen LogP contribution in [-0.4, -0.2) is 80.2 Å². The van der Waals surface area contributed by atoms with Gasteiger partial charge < -0.3 is 29.9 Å². The van der Waals surface area contributed by atoms with E-state index in [9.17, 15) is 22.8 Å². The summed E-state index contributed by atoms with van der Waals surface area (Å²) in [4.78, 5) is 34.6. The van der Waals surface area contributed by atoms with Gasteiger partial charge in [0.1, 0.15) is 11.6 Å². The second-order valence-electron chi connectivity index (χ2n) is 10.9. The molecule has 2 aromatic carbocycles. The number of methoxy groups -OCH3 is 1. The molecule has 2 N–H and O–H groups in total. The van der Waals surface area contributed by atoms with Gasteiger partial charge in [-0.25, -0.2) is 9.37 Å². The lowest BCUT2D eigenvalue weighted by Gasteiger charge is -2.43. The van der Waals surface area contributed by atoms with Gasteiger partial charge in [-0.1, -0.05) is 6.92 Å². The van der Waals surface area contributed by atoms with Crippen LogP contribution < -0.4 is 25.0 Å². The highest BCUT2D eigenvalue weighted by Crippen LogP contribution is 2.38. The number of carbonyl (C=O) groups is 2. The Balaban J connectivity index is 1.49. The van der Waals surface area contributed by atoms with Gasteiger partial charge in [0.05, 0.1) is 42.1 Å². The van der Waals surface area contributed by atoms with Gasteiger partial charge in [0, 0.05) is 56.1 Å². The zero-order valence-corrected chi connectivity index (χ0v) is 25.2. The minimum Gasteiger partial charge on any atom is -0.497 e. The fourth-order valence-corrected chi connectivity index (χ4v) is 5.67. The molecule has 0 aliphatic carbocycles. The molecule has 240 valence electrons. The maximum Gasteiger partial charge on any atom is 0.417 e. The smallest absolute Gasteiger partial charge is 0.417 e. The van der Waals surface area contributed by atoms with Gasteiger partial charge in [-0.05, 0) is 55.8 Å². The molecule has 2 aliphatic heterocycles. The molecule has 2 aliphatic rings. The number of halogens is 4. The average Bonchev–Trinajstić information content (AvgIpc) is 3.01. The third-order valence-electron chi connectivity index (χ3n) is 8.12. The molecule has 0 saturated carbocycles. The van der Waals surface area contributed by atoms with Crippen molar-refractivity contribution in [1.29, 1.82) is 0 Å². The molecule has 1 aromatic heterocycles. The molecule has 2 fully saturated rings. The third-order valence-corrected chi connectivity index (χ3v) is 8.12. The van der Waals surface area contributed by atoms with Crippen LogP contribution in [0.2, 0.25) is 0 Å². The zero-order chi connectivity index (χ0) is 32.3. The van der Waals surface area contributed by atoms with Crippen molar-refractivity contribution in [2.75, 3.05) is 51.3 Å². The lowest BCUT2D eigenvalue weighted by atomic mass is 9.97. The van der Waals surface area contributed by atoms with Crippen LogP contribution in [0.25, 0.3) is 11.1 Å². The van der Waals surface area contributed by atoms with Crippen molar-refractivity contribution in [2.24, 2.45) is 0 Å². The van der Waals surface area contributed by atoms with E-state index in [-0.39, 0.29) is 48.4 Å². The summed E-state index contributed by atoms with van der Waals surface area (Å²) in [5, 5.41) is 5.96. The van der Waals surface area contributed by atoms with Crippen LogP contribution in [0.5, 0.6) is 11.6 Å². The van der Waals surface area contributed by atoms with Crippen molar-refractivity contribution >= 4 is 17.5 Å². The van der Waals surface area contributed by atoms with Crippen LogP contribution in [-0.2, 0) is 6.18 Å². The molecule has 2 saturated heterocycles. The Morgan fingerprint density at radius 2 is 1.87 bits per heavy atom. The molecule has 13 heteroatoms. The first-order chi connectivity index (χ1) is 21.6. The average molecular weight is 630 g/mol. The molecule has 5 rings (SSSR count). The van der Waals surface area contributed by atoms with Gasteiger partial charge in [-0.2, -0.15) is 13.2 Å². The van der Waals surface area contributed by atoms with E-state index in [1.54, 1.807) is 31.2 Å². The summed E-state index contributed by atoms with van der Waals surface area (Å²) in [7, 11) is 1.25. The second kappa shape index (κ2) is 13.3. The number of benzene rings is 2. The van der Waals surface area contributed by atoms with E-state index in [1.165, 1.54) is 24.3 Å². The SMILES string of the molecule is CCOc1ncccc1-c1ccc(N2CCN(C(=O)c3ccc(OC)cc3C(F)(F)F)C[C@H]2CC)c(C(=O)NC2CNC2)c1F. The predicted octanol–water partition coefficient (Wildman–Crippen LogP) is 4.76. The summed E-state index contributed by atoms with van der Waals surface area (Å²) < 4.78 is 68.8. The van der Waals surface area contributed by atoms with E-state index in [1.807, 2.05) is 11.8 Å². The number of rotatable bonds is 9. The van der Waals surface area contributed by atoms with Crippen molar-refractivity contribution in [1.82, 2.24) is 20.5 Å². The van der Waals surface area contributed by atoms with Gasteiger partial charge >= 0.3 is 6.18 Å². The Morgan fingerprint density at radius 1 is 1.09 bits per heavy atom. The highest BCUT2D eigenvalue weighted by Gasteiger charge is 2.39. The zero-order valence-electron chi connectivity index (χ0n) is 25.2. The number of amides is 2. The second-order valence-corrected chi connectivity index (χ2v) is 10.9. The summed E-state index contributed by atoms with van der Waals surface area (Å²) in [5.74, 6) is -1.87.